The van der Waals surface area contributed by atoms with Gasteiger partial charge in [0.25, 0.3) is 0 Å². The first kappa shape index (κ1) is 27.9. The Morgan fingerprint density at radius 3 is 2.45 bits per heavy atom. The molecule has 0 spiro atoms. The fraction of sp³-hybridized carbons (Fsp3) is 0.696. The van der Waals surface area contributed by atoms with E-state index in [9.17, 15) is 0 Å². The largest absolute Gasteiger partial charge is 0.497 e. The van der Waals surface area contributed by atoms with Crippen molar-refractivity contribution in [3.05, 3.63) is 29.8 Å². The van der Waals surface area contributed by atoms with E-state index in [2.05, 4.69) is 41.5 Å². The fourth-order valence-electron chi connectivity index (χ4n) is 3.40. The third-order valence-corrected chi connectivity index (χ3v) is 5.15. The summed E-state index contributed by atoms with van der Waals surface area (Å²) < 4.78 is 16.5. The van der Waals surface area contributed by atoms with E-state index in [4.69, 9.17) is 19.2 Å². The Morgan fingerprint density at radius 1 is 1.10 bits per heavy atom. The molecule has 31 heavy (non-hydrogen) atoms. The summed E-state index contributed by atoms with van der Waals surface area (Å²) in [5.74, 6) is 1.73. The predicted octanol–water partition coefficient (Wildman–Crippen LogP) is 3.45. The van der Waals surface area contributed by atoms with Crippen LogP contribution in [0.15, 0.2) is 29.3 Å². The molecular weight excluding hydrogens is 507 g/mol. The van der Waals surface area contributed by atoms with Crippen molar-refractivity contribution in [2.24, 2.45) is 4.99 Å². The number of morpholine rings is 1. The number of ether oxygens (including phenoxy) is 3. The molecule has 0 amide bonds. The molecule has 1 aliphatic rings. The number of rotatable bonds is 13. The zero-order valence-electron chi connectivity index (χ0n) is 19.4. The van der Waals surface area contributed by atoms with Gasteiger partial charge < -0.3 is 24.8 Å². The van der Waals surface area contributed by atoms with E-state index in [1.165, 1.54) is 12.0 Å². The number of guanidine groups is 1. The second-order valence-electron chi connectivity index (χ2n) is 7.40. The molecule has 7 nitrogen and oxygen atoms in total. The fourth-order valence-corrected chi connectivity index (χ4v) is 3.40. The first-order chi connectivity index (χ1) is 14.8. The second-order valence-corrected chi connectivity index (χ2v) is 7.40. The third kappa shape index (κ3) is 10.9. The molecule has 1 fully saturated rings. The van der Waals surface area contributed by atoms with Crippen LogP contribution in [0.2, 0.25) is 0 Å². The minimum Gasteiger partial charge on any atom is -0.497 e. The third-order valence-electron chi connectivity index (χ3n) is 5.15. The molecule has 178 valence electrons. The molecule has 1 unspecified atom stereocenters. The average Bonchev–Trinajstić information content (AvgIpc) is 2.79. The monoisotopic (exact) mass is 548 g/mol. The van der Waals surface area contributed by atoms with Crippen molar-refractivity contribution in [1.29, 1.82) is 0 Å². The maximum atomic E-state index is 5.64. The van der Waals surface area contributed by atoms with Crippen molar-refractivity contribution in [3.8, 4) is 5.75 Å². The van der Waals surface area contributed by atoms with E-state index < -0.39 is 0 Å². The Labute approximate surface area is 205 Å². The smallest absolute Gasteiger partial charge is 0.191 e. The lowest BCUT2D eigenvalue weighted by molar-refractivity contribution is 0.0179. The lowest BCUT2D eigenvalue weighted by Gasteiger charge is -2.34. The van der Waals surface area contributed by atoms with Crippen LogP contribution in [0.5, 0.6) is 5.75 Å². The van der Waals surface area contributed by atoms with E-state index in [0.717, 1.165) is 77.2 Å². The van der Waals surface area contributed by atoms with Crippen molar-refractivity contribution in [2.75, 3.05) is 66.3 Å². The molecule has 1 aromatic carbocycles. The van der Waals surface area contributed by atoms with Gasteiger partial charge >= 0.3 is 0 Å². The minimum absolute atomic E-state index is 0. The predicted molar refractivity (Wildman–Crippen MR) is 138 cm³/mol. The van der Waals surface area contributed by atoms with Crippen molar-refractivity contribution in [2.45, 2.75) is 39.2 Å². The maximum Gasteiger partial charge on any atom is 0.191 e. The summed E-state index contributed by atoms with van der Waals surface area (Å²) in [6.07, 6.45) is 3.28. The Balaban J connectivity index is 0.00000480. The molecule has 1 aliphatic heterocycles. The van der Waals surface area contributed by atoms with Gasteiger partial charge in [0.1, 0.15) is 5.75 Å². The van der Waals surface area contributed by atoms with Gasteiger partial charge in [0, 0.05) is 39.4 Å². The van der Waals surface area contributed by atoms with Crippen LogP contribution < -0.4 is 15.4 Å². The summed E-state index contributed by atoms with van der Waals surface area (Å²) in [5.41, 5.74) is 1.25. The van der Waals surface area contributed by atoms with Crippen molar-refractivity contribution < 1.29 is 14.2 Å². The number of methoxy groups -OCH3 is 1. The normalized spacial score (nSPS) is 15.8. The number of hydrogen-bond donors (Lipinski definition) is 2. The van der Waals surface area contributed by atoms with Gasteiger partial charge in [-0.3, -0.25) is 9.89 Å². The van der Waals surface area contributed by atoms with E-state index in [-0.39, 0.29) is 30.0 Å². The summed E-state index contributed by atoms with van der Waals surface area (Å²) in [4.78, 5) is 7.35. The number of nitrogens with zero attached hydrogens (tertiary/aromatic N) is 2. The molecule has 2 rings (SSSR count). The first-order valence-electron chi connectivity index (χ1n) is 11.3. The Morgan fingerprint density at radius 2 is 1.81 bits per heavy atom. The second kappa shape index (κ2) is 17.5. The highest BCUT2D eigenvalue weighted by Crippen LogP contribution is 2.24. The average molecular weight is 549 g/mol. The van der Waals surface area contributed by atoms with E-state index in [0.29, 0.717) is 6.54 Å². The van der Waals surface area contributed by atoms with Gasteiger partial charge in [0.05, 0.1) is 32.9 Å². The van der Waals surface area contributed by atoms with Crippen LogP contribution >= 0.6 is 24.0 Å². The quantitative estimate of drug-likeness (QED) is 0.171. The van der Waals surface area contributed by atoms with Crippen LogP contribution in [0.1, 0.15) is 44.7 Å². The Hall–Kier alpha value is -1.10. The number of hydrogen-bond acceptors (Lipinski definition) is 5. The van der Waals surface area contributed by atoms with Gasteiger partial charge in [-0.25, -0.2) is 0 Å². The van der Waals surface area contributed by atoms with Crippen molar-refractivity contribution in [3.63, 3.8) is 0 Å². The van der Waals surface area contributed by atoms with Crippen LogP contribution in [0.4, 0.5) is 0 Å². The SMILES string of the molecule is CCCCOCCCNC(=NCC(c1ccc(OC)cc1)N1CCOCC1)NCC.I. The van der Waals surface area contributed by atoms with Gasteiger partial charge in [-0.2, -0.15) is 0 Å². The molecule has 8 heteroatoms. The number of benzene rings is 1. The molecule has 0 bridgehead atoms. The molecule has 0 radical (unpaired) electrons. The molecule has 0 aromatic heterocycles. The summed E-state index contributed by atoms with van der Waals surface area (Å²) in [5, 5.41) is 6.79. The molecule has 1 aromatic rings. The van der Waals surface area contributed by atoms with Crippen LogP contribution in [-0.2, 0) is 9.47 Å². The Kier molecular flexibility index (Phi) is 15.7. The molecule has 1 heterocycles. The van der Waals surface area contributed by atoms with Gasteiger partial charge in [-0.05, 0) is 37.5 Å². The number of aliphatic imine (C=N–C) groups is 1. The van der Waals surface area contributed by atoms with E-state index in [1.54, 1.807) is 7.11 Å². The number of halogens is 1. The van der Waals surface area contributed by atoms with E-state index in [1.807, 2.05) is 12.1 Å². The Bertz CT molecular complexity index is 595. The highest BCUT2D eigenvalue weighted by atomic mass is 127. The van der Waals surface area contributed by atoms with Crippen molar-refractivity contribution >= 4 is 29.9 Å². The molecule has 1 atom stereocenters. The highest BCUT2D eigenvalue weighted by Gasteiger charge is 2.22. The van der Waals surface area contributed by atoms with Crippen LogP contribution in [0.3, 0.4) is 0 Å². The summed E-state index contributed by atoms with van der Waals surface area (Å²) in [7, 11) is 1.70. The standard InChI is InChI=1S/C23H40N4O3.HI/c1-4-6-15-29-16-7-12-25-23(24-5-2)26-19-22(27-13-17-30-18-14-27)20-8-10-21(28-3)11-9-20;/h8-11,22H,4-7,12-19H2,1-3H3,(H2,24,25,26);1H. The zero-order chi connectivity index (χ0) is 21.4. The highest BCUT2D eigenvalue weighted by molar-refractivity contribution is 14.0. The van der Waals surface area contributed by atoms with Crippen molar-refractivity contribution in [1.82, 2.24) is 15.5 Å². The molecule has 1 saturated heterocycles. The minimum atomic E-state index is 0. The van der Waals surface area contributed by atoms with Gasteiger partial charge in [0.15, 0.2) is 5.96 Å². The molecular formula is C23H41IN4O3. The van der Waals surface area contributed by atoms with Crippen LogP contribution in [-0.4, -0.2) is 77.1 Å². The maximum absolute atomic E-state index is 5.64. The van der Waals surface area contributed by atoms with Gasteiger partial charge in [-0.15, -0.1) is 24.0 Å². The van der Waals surface area contributed by atoms with E-state index >= 15 is 0 Å². The summed E-state index contributed by atoms with van der Waals surface area (Å²) >= 11 is 0. The van der Waals surface area contributed by atoms with Crippen LogP contribution in [0.25, 0.3) is 0 Å². The first-order valence-corrected chi connectivity index (χ1v) is 11.3. The lowest BCUT2D eigenvalue weighted by Crippen LogP contribution is -2.42. The molecule has 0 aliphatic carbocycles. The summed E-state index contributed by atoms with van der Waals surface area (Å²) in [6, 6.07) is 8.54. The summed E-state index contributed by atoms with van der Waals surface area (Å²) in [6.45, 7) is 11.7. The van der Waals surface area contributed by atoms with Gasteiger partial charge in [-0.1, -0.05) is 25.5 Å². The van der Waals surface area contributed by atoms with Crippen LogP contribution in [0, 0.1) is 0 Å². The number of nitrogens with one attached hydrogen (secondary N) is 2. The zero-order valence-corrected chi connectivity index (χ0v) is 21.7. The molecule has 2 N–H and O–H groups in total. The number of unbranched alkanes of at least 4 members (excludes halogenated alkanes) is 1. The van der Waals surface area contributed by atoms with Gasteiger partial charge in [0.2, 0.25) is 0 Å². The lowest BCUT2D eigenvalue weighted by atomic mass is 10.0. The molecule has 0 saturated carbocycles. The topological polar surface area (TPSA) is 67.3 Å².